The van der Waals surface area contributed by atoms with Crippen LogP contribution in [0.2, 0.25) is 0 Å². The molecule has 0 saturated heterocycles. The van der Waals surface area contributed by atoms with Crippen molar-refractivity contribution in [2.75, 3.05) is 9.80 Å². The minimum absolute atomic E-state index is 0.886. The quantitative estimate of drug-likeness (QED) is 0.177. The summed E-state index contributed by atoms with van der Waals surface area (Å²) in [7, 11) is 0. The second-order valence-electron chi connectivity index (χ2n) is 12.8. The van der Waals surface area contributed by atoms with Crippen LogP contribution in [0, 0.1) is 0 Å². The van der Waals surface area contributed by atoms with Crippen LogP contribution in [0.5, 0.6) is 0 Å². The topological polar surface area (TPSA) is 19.6 Å². The molecular formula is C46H32N2OS. The van der Waals surface area contributed by atoms with Gasteiger partial charge in [0, 0.05) is 55.6 Å². The van der Waals surface area contributed by atoms with E-state index in [0.717, 1.165) is 63.7 Å². The lowest BCUT2D eigenvalue weighted by atomic mass is 9.96. The summed E-state index contributed by atoms with van der Waals surface area (Å²) in [6, 6.07) is 58.9. The van der Waals surface area contributed by atoms with Gasteiger partial charge in [0.1, 0.15) is 11.3 Å². The summed E-state index contributed by atoms with van der Waals surface area (Å²) in [4.78, 5) is 4.86. The Bertz CT molecular complexity index is 2670. The number of aryl methyl sites for hydroxylation is 1. The summed E-state index contributed by atoms with van der Waals surface area (Å²) in [5, 5.41) is 6.18. The van der Waals surface area contributed by atoms with Crippen molar-refractivity contribution < 1.29 is 4.42 Å². The maximum absolute atomic E-state index is 6.53. The fourth-order valence-electron chi connectivity index (χ4n) is 7.61. The Morgan fingerprint density at radius 3 is 1.80 bits per heavy atom. The number of anilines is 5. The highest BCUT2D eigenvalue weighted by Gasteiger charge is 2.29. The van der Waals surface area contributed by atoms with Gasteiger partial charge >= 0.3 is 0 Å². The predicted molar refractivity (Wildman–Crippen MR) is 213 cm³/mol. The average Bonchev–Trinajstić information content (AvgIpc) is 3.74. The molecule has 0 amide bonds. The van der Waals surface area contributed by atoms with Crippen molar-refractivity contribution in [2.24, 2.45) is 0 Å². The Kier molecular flexibility index (Phi) is 6.81. The largest absolute Gasteiger partial charge is 0.460 e. The first-order valence-corrected chi connectivity index (χ1v) is 18.0. The fourth-order valence-corrected chi connectivity index (χ4v) is 8.83. The average molecular weight is 661 g/mol. The Labute approximate surface area is 294 Å². The molecule has 0 N–H and O–H groups in total. The van der Waals surface area contributed by atoms with E-state index in [1.807, 2.05) is 11.3 Å². The summed E-state index contributed by atoms with van der Waals surface area (Å²) in [6.45, 7) is 0. The molecule has 2 heterocycles. The van der Waals surface area contributed by atoms with Gasteiger partial charge in [-0.1, -0.05) is 103 Å². The fraction of sp³-hybridized carbons (Fsp3) is 0.0435. The molecule has 3 nitrogen and oxygen atoms in total. The monoisotopic (exact) mass is 660 g/mol. The van der Waals surface area contributed by atoms with Gasteiger partial charge in [-0.15, -0.1) is 11.3 Å². The Morgan fingerprint density at radius 2 is 1.10 bits per heavy atom. The molecule has 50 heavy (non-hydrogen) atoms. The Morgan fingerprint density at radius 1 is 0.500 bits per heavy atom. The minimum Gasteiger partial charge on any atom is -0.460 e. The third-order valence-electron chi connectivity index (χ3n) is 9.82. The molecule has 0 fully saturated rings. The molecule has 1 aliphatic rings. The first-order chi connectivity index (χ1) is 24.8. The number of fused-ring (bicyclic) bond motifs is 7. The van der Waals surface area contributed by atoms with Gasteiger partial charge in [0.2, 0.25) is 0 Å². The summed E-state index contributed by atoms with van der Waals surface area (Å²) in [5.74, 6) is 1.05. The van der Waals surface area contributed by atoms with E-state index >= 15 is 0 Å². The molecule has 9 aromatic rings. The summed E-state index contributed by atoms with van der Waals surface area (Å²) in [5.41, 5.74) is 8.87. The van der Waals surface area contributed by atoms with Crippen LogP contribution in [0.15, 0.2) is 174 Å². The van der Waals surface area contributed by atoms with Gasteiger partial charge < -0.3 is 14.2 Å². The van der Waals surface area contributed by atoms with Crippen LogP contribution in [0.4, 0.5) is 28.4 Å². The lowest BCUT2D eigenvalue weighted by Crippen LogP contribution is -2.19. The molecule has 7 aromatic carbocycles. The number of rotatable bonds is 6. The number of benzene rings is 7. The van der Waals surface area contributed by atoms with E-state index in [2.05, 4.69) is 180 Å². The van der Waals surface area contributed by atoms with Crippen LogP contribution in [0.25, 0.3) is 47.6 Å². The predicted octanol–water partition coefficient (Wildman–Crippen LogP) is 13.5. The lowest BCUT2D eigenvalue weighted by molar-refractivity contribution is 0.545. The van der Waals surface area contributed by atoms with E-state index in [0.29, 0.717) is 0 Å². The molecule has 0 spiro atoms. The molecular weight excluding hydrogens is 629 g/mol. The van der Waals surface area contributed by atoms with Crippen LogP contribution in [-0.2, 0) is 6.42 Å². The van der Waals surface area contributed by atoms with Crippen LogP contribution < -0.4 is 9.80 Å². The van der Waals surface area contributed by atoms with Crippen molar-refractivity contribution in [3.05, 3.63) is 181 Å². The summed E-state index contributed by atoms with van der Waals surface area (Å²) >= 11 is 1.88. The SMILES string of the molecule is C1=C(N(c2ccccc2)c2cc(N(c3ccccc3)c3ccccc3)cc3c2sc2cc4ccccc4cc23)c2c(oc3ccccc23)CC1. The number of furan rings is 1. The number of para-hydroxylation sites is 4. The molecule has 0 unspecified atom stereocenters. The van der Waals surface area contributed by atoms with E-state index in [4.69, 9.17) is 4.42 Å². The smallest absolute Gasteiger partial charge is 0.134 e. The van der Waals surface area contributed by atoms with Crippen molar-refractivity contribution in [1.29, 1.82) is 0 Å². The highest BCUT2D eigenvalue weighted by Crippen LogP contribution is 2.51. The maximum Gasteiger partial charge on any atom is 0.134 e. The van der Waals surface area contributed by atoms with E-state index < -0.39 is 0 Å². The number of hydrogen-bond donors (Lipinski definition) is 0. The van der Waals surface area contributed by atoms with Crippen LogP contribution >= 0.6 is 11.3 Å². The second-order valence-corrected chi connectivity index (χ2v) is 13.9. The summed E-state index contributed by atoms with van der Waals surface area (Å²) < 4.78 is 9.06. The molecule has 10 rings (SSSR count). The normalized spacial score (nSPS) is 12.8. The molecule has 1 aliphatic carbocycles. The molecule has 0 atom stereocenters. The number of nitrogens with zero attached hydrogens (tertiary/aromatic N) is 2. The Hall–Kier alpha value is -6.10. The third-order valence-corrected chi connectivity index (χ3v) is 11.0. The number of thiophene rings is 1. The first-order valence-electron chi connectivity index (χ1n) is 17.2. The van der Waals surface area contributed by atoms with Crippen LogP contribution in [0.3, 0.4) is 0 Å². The highest BCUT2D eigenvalue weighted by atomic mass is 32.1. The molecule has 0 bridgehead atoms. The van der Waals surface area contributed by atoms with E-state index in [1.54, 1.807) is 0 Å². The maximum atomic E-state index is 6.53. The zero-order valence-corrected chi connectivity index (χ0v) is 28.1. The van der Waals surface area contributed by atoms with Gasteiger partial charge in [-0.05, 0) is 83.9 Å². The molecule has 0 aliphatic heterocycles. The molecule has 238 valence electrons. The summed E-state index contributed by atoms with van der Waals surface area (Å²) in [6.07, 6.45) is 4.20. The van der Waals surface area contributed by atoms with Gasteiger partial charge in [0.05, 0.1) is 16.1 Å². The second kappa shape index (κ2) is 11.8. The standard InChI is InChI=1S/C46H32N2OS/c1-4-17-33(18-5-1)47(34-19-6-2-7-20-34)36-29-39-38-27-31-15-10-11-16-32(31)28-44(38)50-46(39)41(30-36)48(35-21-8-3-9-22-35)40-24-14-26-43-45(40)37-23-12-13-25-42(37)49-43/h1-13,15-25,27-30H,14,26H2. The third kappa shape index (κ3) is 4.72. The van der Waals surface area contributed by atoms with Crippen LogP contribution in [0.1, 0.15) is 17.7 Å². The van der Waals surface area contributed by atoms with Crippen molar-refractivity contribution in [3.63, 3.8) is 0 Å². The number of allylic oxidation sites excluding steroid dienone is 1. The lowest BCUT2D eigenvalue weighted by Gasteiger charge is -2.32. The van der Waals surface area contributed by atoms with E-state index in [-0.39, 0.29) is 0 Å². The van der Waals surface area contributed by atoms with Gasteiger partial charge in [-0.3, -0.25) is 0 Å². The van der Waals surface area contributed by atoms with E-state index in [9.17, 15) is 0 Å². The van der Waals surface area contributed by atoms with Crippen molar-refractivity contribution >= 4 is 87.4 Å². The number of hydrogen-bond acceptors (Lipinski definition) is 4. The Balaban J connectivity index is 1.32. The highest BCUT2D eigenvalue weighted by molar-refractivity contribution is 7.26. The van der Waals surface area contributed by atoms with Crippen molar-refractivity contribution in [1.82, 2.24) is 0 Å². The minimum atomic E-state index is 0.886. The zero-order chi connectivity index (χ0) is 33.0. The van der Waals surface area contributed by atoms with Gasteiger partial charge in [0.25, 0.3) is 0 Å². The molecule has 0 saturated carbocycles. The molecule has 0 radical (unpaired) electrons. The van der Waals surface area contributed by atoms with E-state index in [1.165, 1.54) is 36.5 Å². The van der Waals surface area contributed by atoms with Crippen molar-refractivity contribution in [3.8, 4) is 0 Å². The van der Waals surface area contributed by atoms with Gasteiger partial charge in [-0.2, -0.15) is 0 Å². The first kappa shape index (κ1) is 28.9. The van der Waals surface area contributed by atoms with Crippen LogP contribution in [-0.4, -0.2) is 0 Å². The van der Waals surface area contributed by atoms with Gasteiger partial charge in [0.15, 0.2) is 0 Å². The van der Waals surface area contributed by atoms with Crippen molar-refractivity contribution in [2.45, 2.75) is 12.8 Å². The van der Waals surface area contributed by atoms with Gasteiger partial charge in [-0.25, -0.2) is 0 Å². The zero-order valence-electron chi connectivity index (χ0n) is 27.3. The molecule has 2 aromatic heterocycles. The molecule has 4 heteroatoms.